The lowest BCUT2D eigenvalue weighted by Crippen LogP contribution is -2.13. The van der Waals surface area contributed by atoms with Crippen LogP contribution in [0.5, 0.6) is 0 Å². The molecule has 0 saturated heterocycles. The monoisotopic (exact) mass is 338 g/mol. The molecule has 0 radical (unpaired) electrons. The van der Waals surface area contributed by atoms with Crippen LogP contribution in [-0.4, -0.2) is 12.1 Å². The molecule has 0 aliphatic carbocycles. The molecular formula is C16H16Cl2N2O2. The molecule has 0 unspecified atom stereocenters. The quantitative estimate of drug-likeness (QED) is 0.615. The third-order valence-corrected chi connectivity index (χ3v) is 3.35. The van der Waals surface area contributed by atoms with Crippen molar-refractivity contribution in [1.82, 2.24) is 0 Å². The van der Waals surface area contributed by atoms with E-state index in [9.17, 15) is 4.79 Å². The summed E-state index contributed by atoms with van der Waals surface area (Å²) in [6, 6.07) is 10.0. The van der Waals surface area contributed by atoms with Gasteiger partial charge in [0.1, 0.15) is 0 Å². The molecule has 22 heavy (non-hydrogen) atoms. The summed E-state index contributed by atoms with van der Waals surface area (Å²) in [5.74, 6) is -0.449. The summed E-state index contributed by atoms with van der Waals surface area (Å²) >= 11 is 12.0. The van der Waals surface area contributed by atoms with Crippen LogP contribution in [0.4, 0.5) is 17.1 Å². The second kappa shape index (κ2) is 6.90. The van der Waals surface area contributed by atoms with Gasteiger partial charge in [-0.2, -0.15) is 0 Å². The zero-order valence-electron chi connectivity index (χ0n) is 12.2. The van der Waals surface area contributed by atoms with Gasteiger partial charge in [-0.1, -0.05) is 23.2 Å². The van der Waals surface area contributed by atoms with Crippen LogP contribution in [0.15, 0.2) is 36.4 Å². The molecule has 0 spiro atoms. The third kappa shape index (κ3) is 4.06. The summed E-state index contributed by atoms with van der Waals surface area (Å²) < 4.78 is 5.23. The van der Waals surface area contributed by atoms with Crippen molar-refractivity contribution < 1.29 is 9.53 Å². The number of anilines is 3. The summed E-state index contributed by atoms with van der Waals surface area (Å²) in [4.78, 5) is 12.2. The van der Waals surface area contributed by atoms with Crippen LogP contribution in [0, 0.1) is 0 Å². The molecule has 116 valence electrons. The molecule has 2 aromatic carbocycles. The predicted molar refractivity (Wildman–Crippen MR) is 91.2 cm³/mol. The van der Waals surface area contributed by atoms with Crippen LogP contribution in [0.25, 0.3) is 0 Å². The number of nitrogens with two attached hydrogens (primary N) is 1. The molecule has 0 aliphatic rings. The lowest BCUT2D eigenvalue weighted by molar-refractivity contribution is 0.0379. The van der Waals surface area contributed by atoms with Gasteiger partial charge in [0.05, 0.1) is 28.1 Å². The normalized spacial score (nSPS) is 10.6. The van der Waals surface area contributed by atoms with Crippen LogP contribution in [0.3, 0.4) is 0 Å². The van der Waals surface area contributed by atoms with Gasteiger partial charge in [-0.05, 0) is 50.2 Å². The Balaban J connectivity index is 2.36. The second-order valence-corrected chi connectivity index (χ2v) is 5.85. The number of carbonyl (C=O) groups is 1. The van der Waals surface area contributed by atoms with Crippen LogP contribution in [0.2, 0.25) is 10.0 Å². The average Bonchev–Trinajstić information content (AvgIpc) is 2.42. The first-order valence-electron chi connectivity index (χ1n) is 6.69. The maximum atomic E-state index is 12.2. The summed E-state index contributed by atoms with van der Waals surface area (Å²) in [5.41, 5.74) is 7.78. The molecule has 3 N–H and O–H groups in total. The number of rotatable bonds is 4. The highest BCUT2D eigenvalue weighted by molar-refractivity contribution is 6.36. The zero-order valence-corrected chi connectivity index (χ0v) is 13.7. The minimum atomic E-state index is -0.449. The summed E-state index contributed by atoms with van der Waals surface area (Å²) in [7, 11) is 0. The van der Waals surface area contributed by atoms with Gasteiger partial charge < -0.3 is 15.8 Å². The van der Waals surface area contributed by atoms with Crippen LogP contribution in [0.1, 0.15) is 24.2 Å². The van der Waals surface area contributed by atoms with E-state index in [1.807, 2.05) is 0 Å². The van der Waals surface area contributed by atoms with E-state index in [0.29, 0.717) is 32.7 Å². The van der Waals surface area contributed by atoms with E-state index in [2.05, 4.69) is 5.32 Å². The van der Waals surface area contributed by atoms with Gasteiger partial charge in [0, 0.05) is 10.7 Å². The Labute approximate surface area is 139 Å². The minimum Gasteiger partial charge on any atom is -0.459 e. The third-order valence-electron chi connectivity index (χ3n) is 2.81. The van der Waals surface area contributed by atoms with Crippen molar-refractivity contribution in [2.75, 3.05) is 11.1 Å². The van der Waals surface area contributed by atoms with Crippen LogP contribution in [-0.2, 0) is 4.74 Å². The molecule has 0 saturated carbocycles. The molecule has 0 bridgehead atoms. The van der Waals surface area contributed by atoms with Crippen molar-refractivity contribution in [3.05, 3.63) is 52.0 Å². The van der Waals surface area contributed by atoms with Crippen molar-refractivity contribution in [3.8, 4) is 0 Å². The summed E-state index contributed by atoms with van der Waals surface area (Å²) in [6.45, 7) is 3.57. The molecule has 0 heterocycles. The first kappa shape index (κ1) is 16.5. The Morgan fingerprint density at radius 3 is 2.45 bits per heavy atom. The number of hydrogen-bond donors (Lipinski definition) is 2. The predicted octanol–water partition coefficient (Wildman–Crippen LogP) is 4.88. The number of esters is 1. The molecule has 0 fully saturated rings. The van der Waals surface area contributed by atoms with E-state index in [4.69, 9.17) is 33.7 Å². The van der Waals surface area contributed by atoms with Crippen molar-refractivity contribution in [3.63, 3.8) is 0 Å². The summed E-state index contributed by atoms with van der Waals surface area (Å²) in [6.07, 6.45) is -0.221. The fraction of sp³-hybridized carbons (Fsp3) is 0.188. The van der Waals surface area contributed by atoms with Crippen LogP contribution >= 0.6 is 23.2 Å². The molecule has 0 aliphatic heterocycles. The van der Waals surface area contributed by atoms with Gasteiger partial charge in [-0.15, -0.1) is 0 Å². The Bertz CT molecular complexity index is 703. The van der Waals surface area contributed by atoms with E-state index in [1.54, 1.807) is 50.2 Å². The maximum Gasteiger partial charge on any atom is 0.340 e. The van der Waals surface area contributed by atoms with Crippen molar-refractivity contribution in [1.29, 1.82) is 0 Å². The SMILES string of the molecule is CC(C)OC(=O)c1cc(N)ccc1Nc1ccc(Cl)cc1Cl. The van der Waals surface area contributed by atoms with Crippen molar-refractivity contribution in [2.24, 2.45) is 0 Å². The van der Waals surface area contributed by atoms with Gasteiger partial charge in [0.15, 0.2) is 0 Å². The molecule has 0 atom stereocenters. The summed E-state index contributed by atoms with van der Waals surface area (Å²) in [5, 5.41) is 4.09. The fourth-order valence-electron chi connectivity index (χ4n) is 1.85. The number of nitrogen functional groups attached to an aromatic ring is 1. The number of halogens is 2. The van der Waals surface area contributed by atoms with Gasteiger partial charge in [-0.3, -0.25) is 0 Å². The van der Waals surface area contributed by atoms with E-state index in [1.165, 1.54) is 0 Å². The number of ether oxygens (including phenoxy) is 1. The lowest BCUT2D eigenvalue weighted by atomic mass is 10.1. The first-order chi connectivity index (χ1) is 10.4. The number of carbonyl (C=O) groups excluding carboxylic acids is 1. The Morgan fingerprint density at radius 1 is 1.14 bits per heavy atom. The lowest BCUT2D eigenvalue weighted by Gasteiger charge is -2.15. The molecular weight excluding hydrogens is 323 g/mol. The van der Waals surface area contributed by atoms with E-state index in [0.717, 1.165) is 0 Å². The Morgan fingerprint density at radius 2 is 1.82 bits per heavy atom. The molecule has 4 nitrogen and oxygen atoms in total. The standard InChI is InChI=1S/C16H16Cl2N2O2/c1-9(2)22-16(21)12-8-11(19)4-6-14(12)20-15-5-3-10(17)7-13(15)18/h3-9,20H,19H2,1-2H3. The van der Waals surface area contributed by atoms with E-state index >= 15 is 0 Å². The Hall–Kier alpha value is -1.91. The van der Waals surface area contributed by atoms with Gasteiger partial charge in [0.2, 0.25) is 0 Å². The molecule has 6 heteroatoms. The molecule has 2 rings (SSSR count). The largest absolute Gasteiger partial charge is 0.459 e. The topological polar surface area (TPSA) is 64.3 Å². The van der Waals surface area contributed by atoms with Gasteiger partial charge in [-0.25, -0.2) is 4.79 Å². The van der Waals surface area contributed by atoms with E-state index < -0.39 is 5.97 Å². The molecule has 0 amide bonds. The Kier molecular flexibility index (Phi) is 5.16. The van der Waals surface area contributed by atoms with Gasteiger partial charge in [0.25, 0.3) is 0 Å². The molecule has 2 aromatic rings. The van der Waals surface area contributed by atoms with Crippen molar-refractivity contribution >= 4 is 46.2 Å². The highest BCUT2D eigenvalue weighted by atomic mass is 35.5. The number of benzene rings is 2. The second-order valence-electron chi connectivity index (χ2n) is 5.01. The molecule has 0 aromatic heterocycles. The smallest absolute Gasteiger partial charge is 0.340 e. The zero-order chi connectivity index (χ0) is 16.3. The fourth-order valence-corrected chi connectivity index (χ4v) is 2.31. The van der Waals surface area contributed by atoms with E-state index in [-0.39, 0.29) is 6.10 Å². The minimum absolute atomic E-state index is 0.221. The first-order valence-corrected chi connectivity index (χ1v) is 7.45. The highest BCUT2D eigenvalue weighted by Crippen LogP contribution is 2.30. The van der Waals surface area contributed by atoms with Gasteiger partial charge >= 0.3 is 5.97 Å². The van der Waals surface area contributed by atoms with Crippen molar-refractivity contribution in [2.45, 2.75) is 20.0 Å². The maximum absolute atomic E-state index is 12.2. The average molecular weight is 339 g/mol. The highest BCUT2D eigenvalue weighted by Gasteiger charge is 2.16. The number of hydrogen-bond acceptors (Lipinski definition) is 4. The number of nitrogens with one attached hydrogen (secondary N) is 1. The van der Waals surface area contributed by atoms with Crippen LogP contribution < -0.4 is 11.1 Å².